The first-order valence-corrected chi connectivity index (χ1v) is 12.5. The van der Waals surface area contributed by atoms with Crippen LogP contribution in [0.25, 0.3) is 11.0 Å². The number of nitrogens with one attached hydrogen (secondary N) is 1. The first-order chi connectivity index (χ1) is 15.8. The highest BCUT2D eigenvalue weighted by atomic mass is 32.2. The Balaban J connectivity index is 1.52. The Morgan fingerprint density at radius 1 is 1.03 bits per heavy atom. The molecule has 3 aromatic rings. The van der Waals surface area contributed by atoms with E-state index < -0.39 is 10.0 Å². The van der Waals surface area contributed by atoms with E-state index in [1.807, 2.05) is 13.0 Å². The highest BCUT2D eigenvalue weighted by Gasteiger charge is 2.30. The van der Waals surface area contributed by atoms with Crippen molar-refractivity contribution in [3.8, 4) is 11.5 Å². The molecule has 0 atom stereocenters. The number of furan rings is 1. The zero-order valence-electron chi connectivity index (χ0n) is 18.9. The van der Waals surface area contributed by atoms with Gasteiger partial charge in [-0.25, -0.2) is 13.1 Å². The second kappa shape index (κ2) is 8.07. The number of carbonyl (C=O) groups is 1. The molecule has 1 saturated heterocycles. The van der Waals surface area contributed by atoms with E-state index in [4.69, 9.17) is 13.9 Å². The van der Waals surface area contributed by atoms with E-state index in [0.717, 1.165) is 24.0 Å². The average molecular weight is 471 g/mol. The van der Waals surface area contributed by atoms with Crippen LogP contribution >= 0.6 is 0 Å². The number of amides is 1. The van der Waals surface area contributed by atoms with E-state index in [0.29, 0.717) is 41.1 Å². The molecule has 0 saturated carbocycles. The lowest BCUT2D eigenvalue weighted by atomic mass is 10.0. The fourth-order valence-corrected chi connectivity index (χ4v) is 5.90. The van der Waals surface area contributed by atoms with E-state index in [1.165, 1.54) is 0 Å². The lowest BCUT2D eigenvalue weighted by molar-refractivity contribution is 0.0762. The summed E-state index contributed by atoms with van der Waals surface area (Å²) in [5.74, 6) is 1.25. The molecule has 0 radical (unpaired) electrons. The summed E-state index contributed by atoms with van der Waals surface area (Å²) in [7, 11) is -3.94. The van der Waals surface area contributed by atoms with Crippen LogP contribution in [0.3, 0.4) is 0 Å². The fraction of sp³-hybridized carbons (Fsp3) is 0.375. The highest BCUT2D eigenvalue weighted by Crippen LogP contribution is 2.36. The number of sulfonamides is 1. The van der Waals surface area contributed by atoms with Crippen molar-refractivity contribution < 1.29 is 27.1 Å². The average Bonchev–Trinajstić information content (AvgIpc) is 3.53. The molecule has 2 aliphatic heterocycles. The first-order valence-electron chi connectivity index (χ1n) is 11.0. The minimum absolute atomic E-state index is 0.0711. The monoisotopic (exact) mass is 470 g/mol. The molecule has 174 valence electrons. The smallest absolute Gasteiger partial charge is 0.289 e. The molecule has 1 fully saturated rings. The van der Waals surface area contributed by atoms with Gasteiger partial charge in [0.15, 0.2) is 22.8 Å². The van der Waals surface area contributed by atoms with Gasteiger partial charge in [-0.1, -0.05) is 6.07 Å². The summed E-state index contributed by atoms with van der Waals surface area (Å²) >= 11 is 0. The fourth-order valence-electron chi connectivity index (χ4n) is 4.44. The van der Waals surface area contributed by atoms with Gasteiger partial charge in [-0.15, -0.1) is 0 Å². The van der Waals surface area contributed by atoms with Crippen molar-refractivity contribution in [2.75, 3.05) is 19.9 Å². The number of nitrogens with zero attached hydrogens (tertiary/aromatic N) is 1. The number of benzene rings is 2. The van der Waals surface area contributed by atoms with Crippen molar-refractivity contribution in [2.24, 2.45) is 0 Å². The highest BCUT2D eigenvalue weighted by molar-refractivity contribution is 7.89. The van der Waals surface area contributed by atoms with Crippen molar-refractivity contribution in [3.63, 3.8) is 0 Å². The normalized spacial score (nSPS) is 15.5. The topological polar surface area (TPSA) is 98.1 Å². The Morgan fingerprint density at radius 2 is 1.76 bits per heavy atom. The van der Waals surface area contributed by atoms with Crippen LogP contribution in [0.4, 0.5) is 0 Å². The maximum atomic E-state index is 13.5. The van der Waals surface area contributed by atoms with Gasteiger partial charge >= 0.3 is 0 Å². The van der Waals surface area contributed by atoms with Crippen LogP contribution in [0.15, 0.2) is 33.6 Å². The number of hydrogen-bond donors (Lipinski definition) is 1. The number of hydrogen-bond acceptors (Lipinski definition) is 6. The van der Waals surface area contributed by atoms with Crippen LogP contribution in [-0.2, 0) is 16.6 Å². The Kier molecular flexibility index (Phi) is 5.33. The molecular formula is C24H26N2O6S. The third-order valence-corrected chi connectivity index (χ3v) is 8.01. The third kappa shape index (κ3) is 3.75. The van der Waals surface area contributed by atoms with E-state index in [1.54, 1.807) is 36.9 Å². The van der Waals surface area contributed by atoms with Gasteiger partial charge in [0.25, 0.3) is 5.91 Å². The largest absolute Gasteiger partial charge is 0.454 e. The van der Waals surface area contributed by atoms with Gasteiger partial charge in [0.2, 0.25) is 16.8 Å². The van der Waals surface area contributed by atoms with Crippen LogP contribution in [0, 0.1) is 20.8 Å². The SMILES string of the molecule is Cc1cc2c(C)c(C(=O)N3CCCC3)oc2c(S(=O)(=O)NCc2ccc3c(c2)OCO3)c1C. The molecule has 1 aromatic heterocycles. The standard InChI is InChI=1S/C24H26N2O6S/c1-14-10-18-16(3)21(24(27)26-8-4-5-9-26)32-22(18)23(15(14)2)33(28,29)25-12-17-6-7-19-20(11-17)31-13-30-19/h6-7,10-11,25H,4-5,8-9,12-13H2,1-3H3. The summed E-state index contributed by atoms with van der Waals surface area (Å²) in [6.45, 7) is 7.03. The van der Waals surface area contributed by atoms with Crippen LogP contribution in [0.2, 0.25) is 0 Å². The summed E-state index contributed by atoms with van der Waals surface area (Å²) in [5, 5.41) is 0.643. The second-order valence-corrected chi connectivity index (χ2v) is 10.3. The number of fused-ring (bicyclic) bond motifs is 2. The van der Waals surface area contributed by atoms with E-state index in [-0.39, 0.29) is 35.5 Å². The van der Waals surface area contributed by atoms with Crippen molar-refractivity contribution in [3.05, 3.63) is 52.3 Å². The summed E-state index contributed by atoms with van der Waals surface area (Å²) in [5.41, 5.74) is 3.03. The Labute approximate surface area is 192 Å². The van der Waals surface area contributed by atoms with Crippen molar-refractivity contribution in [1.29, 1.82) is 0 Å². The van der Waals surface area contributed by atoms with Crippen LogP contribution < -0.4 is 14.2 Å². The van der Waals surface area contributed by atoms with Crippen LogP contribution in [-0.4, -0.2) is 39.1 Å². The van der Waals surface area contributed by atoms with Crippen molar-refractivity contribution in [2.45, 2.75) is 45.1 Å². The molecule has 0 aliphatic carbocycles. The Hall–Kier alpha value is -3.04. The van der Waals surface area contributed by atoms with Crippen LogP contribution in [0.1, 0.15) is 45.7 Å². The number of likely N-dealkylation sites (tertiary alicyclic amines) is 1. The number of carbonyl (C=O) groups excluding carboxylic acids is 1. The Bertz CT molecular complexity index is 1370. The molecule has 8 nitrogen and oxygen atoms in total. The maximum Gasteiger partial charge on any atom is 0.289 e. The predicted octanol–water partition coefficient (Wildman–Crippen LogP) is 3.80. The second-order valence-electron chi connectivity index (χ2n) is 8.59. The predicted molar refractivity (Wildman–Crippen MR) is 122 cm³/mol. The molecule has 1 N–H and O–H groups in total. The molecule has 3 heterocycles. The van der Waals surface area contributed by atoms with Gasteiger partial charge in [0, 0.05) is 30.6 Å². The molecule has 2 aromatic carbocycles. The van der Waals surface area contributed by atoms with Gasteiger partial charge < -0.3 is 18.8 Å². The summed E-state index contributed by atoms with van der Waals surface area (Å²) in [6.07, 6.45) is 1.93. The van der Waals surface area contributed by atoms with E-state index >= 15 is 0 Å². The molecular weight excluding hydrogens is 444 g/mol. The zero-order valence-corrected chi connectivity index (χ0v) is 19.7. The molecule has 9 heteroatoms. The molecule has 2 aliphatic rings. The number of rotatable bonds is 5. The molecule has 1 amide bonds. The molecule has 0 bridgehead atoms. The van der Waals surface area contributed by atoms with Gasteiger partial charge in [-0.05, 0) is 68.5 Å². The third-order valence-electron chi connectivity index (χ3n) is 6.45. The van der Waals surface area contributed by atoms with Crippen molar-refractivity contribution >= 4 is 26.9 Å². The summed E-state index contributed by atoms with van der Waals surface area (Å²) in [6, 6.07) is 7.20. The molecule has 33 heavy (non-hydrogen) atoms. The minimum Gasteiger partial charge on any atom is -0.454 e. The lowest BCUT2D eigenvalue weighted by Crippen LogP contribution is -2.27. The van der Waals surface area contributed by atoms with Crippen molar-refractivity contribution in [1.82, 2.24) is 9.62 Å². The van der Waals surface area contributed by atoms with Gasteiger partial charge in [-0.2, -0.15) is 0 Å². The number of ether oxygens (including phenoxy) is 2. The quantitative estimate of drug-likeness (QED) is 0.609. The van der Waals surface area contributed by atoms with Gasteiger partial charge in [-0.3, -0.25) is 4.79 Å². The Morgan fingerprint density at radius 3 is 2.52 bits per heavy atom. The first kappa shape index (κ1) is 21.8. The van der Waals surface area contributed by atoms with E-state index in [2.05, 4.69) is 4.72 Å². The maximum absolute atomic E-state index is 13.5. The lowest BCUT2D eigenvalue weighted by Gasteiger charge is -2.13. The minimum atomic E-state index is -3.94. The van der Waals surface area contributed by atoms with Gasteiger partial charge in [0.05, 0.1) is 0 Å². The van der Waals surface area contributed by atoms with E-state index in [9.17, 15) is 13.2 Å². The molecule has 5 rings (SSSR count). The summed E-state index contributed by atoms with van der Waals surface area (Å²) in [4.78, 5) is 14.8. The zero-order chi connectivity index (χ0) is 23.3. The number of aryl methyl sites for hydroxylation is 2. The molecule has 0 spiro atoms. The molecule has 0 unspecified atom stereocenters. The van der Waals surface area contributed by atoms with Crippen LogP contribution in [0.5, 0.6) is 11.5 Å². The summed E-state index contributed by atoms with van der Waals surface area (Å²) < 4.78 is 46.3. The van der Waals surface area contributed by atoms with Gasteiger partial charge in [0.1, 0.15) is 4.90 Å².